The van der Waals surface area contributed by atoms with Gasteiger partial charge in [0.05, 0.1) is 0 Å². The average molecular weight is 110 g/mol. The van der Waals surface area contributed by atoms with Gasteiger partial charge in [-0.1, -0.05) is 12.2 Å². The second-order valence-electron chi connectivity index (χ2n) is 2.17. The number of carbonyl (C=O) groups excluding carboxylic acids is 1. The monoisotopic (exact) mass is 110 g/mol. The van der Waals surface area contributed by atoms with Crippen LogP contribution in [0.5, 0.6) is 0 Å². The Balaban J connectivity index is 2.14. The Morgan fingerprint density at radius 3 is 2.88 bits per heavy atom. The summed E-state index contributed by atoms with van der Waals surface area (Å²) in [5.74, 6) is 0.828. The summed E-state index contributed by atoms with van der Waals surface area (Å²) in [6, 6.07) is 0. The number of carbonyl (C=O) groups is 1. The quantitative estimate of drug-likeness (QED) is 0.493. The fourth-order valence-corrected chi connectivity index (χ4v) is 0.699. The Morgan fingerprint density at radius 2 is 2.50 bits per heavy atom. The van der Waals surface area contributed by atoms with Crippen LogP contribution in [0, 0.1) is 5.92 Å². The van der Waals surface area contributed by atoms with Crippen LogP contribution >= 0.6 is 0 Å². The van der Waals surface area contributed by atoms with Crippen LogP contribution in [0.2, 0.25) is 0 Å². The van der Waals surface area contributed by atoms with Gasteiger partial charge >= 0.3 is 0 Å². The van der Waals surface area contributed by atoms with Crippen LogP contribution in [0.3, 0.4) is 0 Å². The highest BCUT2D eigenvalue weighted by Crippen LogP contribution is 2.27. The normalized spacial score (nSPS) is 27.1. The van der Waals surface area contributed by atoms with Gasteiger partial charge in [0, 0.05) is 12.3 Å². The molecule has 0 saturated heterocycles. The first-order chi connectivity index (χ1) is 3.84. The smallest absolute Gasteiger partial charge is 0.137 e. The van der Waals surface area contributed by atoms with Gasteiger partial charge in [-0.25, -0.2) is 0 Å². The van der Waals surface area contributed by atoms with Gasteiger partial charge in [0.15, 0.2) is 0 Å². The van der Waals surface area contributed by atoms with Crippen molar-refractivity contribution in [1.29, 1.82) is 0 Å². The van der Waals surface area contributed by atoms with Crippen LogP contribution in [0.25, 0.3) is 0 Å². The summed E-state index contributed by atoms with van der Waals surface area (Å²) in [5, 5.41) is 0. The molecule has 44 valence electrons. The molecule has 0 amide bonds. The lowest BCUT2D eigenvalue weighted by Crippen LogP contribution is -1.73. The third-order valence-electron chi connectivity index (χ3n) is 1.40. The molecule has 0 aromatic rings. The highest BCUT2D eigenvalue weighted by molar-refractivity contribution is 5.96. The fourth-order valence-electron chi connectivity index (χ4n) is 0.699. The van der Waals surface area contributed by atoms with E-state index >= 15 is 0 Å². The maximum absolute atomic E-state index is 10.4. The van der Waals surface area contributed by atoms with Gasteiger partial charge in [0.1, 0.15) is 5.78 Å². The summed E-state index contributed by atoms with van der Waals surface area (Å²) < 4.78 is 0. The highest BCUT2D eigenvalue weighted by Gasteiger charge is 2.32. The molecule has 8 heavy (non-hydrogen) atoms. The molecular formula is C7H10O. The third kappa shape index (κ3) is 1.19. The van der Waals surface area contributed by atoms with Crippen molar-refractivity contribution in [2.24, 2.45) is 5.92 Å². The SMILES string of the molecule is CC=CCC1CC1=O. The molecule has 1 rings (SSSR count). The van der Waals surface area contributed by atoms with Crippen LogP contribution in [-0.4, -0.2) is 5.78 Å². The van der Waals surface area contributed by atoms with Crippen molar-refractivity contribution < 1.29 is 4.79 Å². The minimum atomic E-state index is 0.395. The van der Waals surface area contributed by atoms with Gasteiger partial charge in [-0.05, 0) is 13.3 Å². The summed E-state index contributed by atoms with van der Waals surface area (Å²) >= 11 is 0. The van der Waals surface area contributed by atoms with Crippen LogP contribution in [0.15, 0.2) is 12.2 Å². The lowest BCUT2D eigenvalue weighted by atomic mass is 10.3. The van der Waals surface area contributed by atoms with E-state index in [2.05, 4.69) is 6.08 Å². The van der Waals surface area contributed by atoms with E-state index in [1.165, 1.54) is 0 Å². The topological polar surface area (TPSA) is 17.1 Å². The predicted molar refractivity (Wildman–Crippen MR) is 32.5 cm³/mol. The number of hydrogen-bond donors (Lipinski definition) is 0. The van der Waals surface area contributed by atoms with Crippen molar-refractivity contribution >= 4 is 5.78 Å². The summed E-state index contributed by atoms with van der Waals surface area (Å²) in [6.45, 7) is 1.98. The zero-order valence-electron chi connectivity index (χ0n) is 5.05. The number of ketones is 1. The zero-order chi connectivity index (χ0) is 5.98. The van der Waals surface area contributed by atoms with E-state index < -0.39 is 0 Å². The Bertz CT molecular complexity index is 124. The van der Waals surface area contributed by atoms with E-state index in [9.17, 15) is 4.79 Å². The van der Waals surface area contributed by atoms with E-state index in [1.807, 2.05) is 13.0 Å². The molecule has 0 bridgehead atoms. The molecule has 1 aliphatic carbocycles. The minimum absolute atomic E-state index is 0.395. The first-order valence-corrected chi connectivity index (χ1v) is 2.98. The van der Waals surface area contributed by atoms with Gasteiger partial charge in [-0.2, -0.15) is 0 Å². The Labute approximate surface area is 49.4 Å². The number of hydrogen-bond acceptors (Lipinski definition) is 1. The number of allylic oxidation sites excluding steroid dienone is 2. The molecule has 0 aromatic carbocycles. The minimum Gasteiger partial charge on any atom is -0.299 e. The molecule has 1 nitrogen and oxygen atoms in total. The number of Topliss-reactive ketones (excluding diaryl/α,β-unsaturated/α-hetero) is 1. The van der Waals surface area contributed by atoms with Gasteiger partial charge in [-0.3, -0.25) is 4.79 Å². The molecule has 0 aliphatic heterocycles. The molecule has 0 N–H and O–H groups in total. The van der Waals surface area contributed by atoms with Crippen molar-refractivity contribution in [3.8, 4) is 0 Å². The van der Waals surface area contributed by atoms with Crippen LogP contribution in [-0.2, 0) is 4.79 Å². The maximum Gasteiger partial charge on any atom is 0.137 e. The van der Waals surface area contributed by atoms with Gasteiger partial charge in [0.2, 0.25) is 0 Å². The van der Waals surface area contributed by atoms with Crippen molar-refractivity contribution in [2.45, 2.75) is 19.8 Å². The van der Waals surface area contributed by atoms with E-state index in [0.717, 1.165) is 12.8 Å². The zero-order valence-corrected chi connectivity index (χ0v) is 5.05. The van der Waals surface area contributed by atoms with E-state index in [0.29, 0.717) is 11.7 Å². The summed E-state index contributed by atoms with van der Waals surface area (Å²) in [7, 11) is 0. The maximum atomic E-state index is 10.4. The molecule has 1 saturated carbocycles. The largest absolute Gasteiger partial charge is 0.299 e. The van der Waals surface area contributed by atoms with Crippen LogP contribution < -0.4 is 0 Å². The predicted octanol–water partition coefficient (Wildman–Crippen LogP) is 1.54. The second-order valence-corrected chi connectivity index (χ2v) is 2.17. The van der Waals surface area contributed by atoms with Crippen molar-refractivity contribution in [2.75, 3.05) is 0 Å². The van der Waals surface area contributed by atoms with E-state index in [1.54, 1.807) is 0 Å². The summed E-state index contributed by atoms with van der Waals surface area (Å²) in [4.78, 5) is 10.4. The van der Waals surface area contributed by atoms with Crippen molar-refractivity contribution in [3.05, 3.63) is 12.2 Å². The molecule has 1 unspecified atom stereocenters. The summed E-state index contributed by atoms with van der Waals surface area (Å²) in [5.41, 5.74) is 0. The van der Waals surface area contributed by atoms with Gasteiger partial charge < -0.3 is 0 Å². The van der Waals surface area contributed by atoms with E-state index in [-0.39, 0.29) is 0 Å². The molecular weight excluding hydrogens is 100 g/mol. The molecule has 0 radical (unpaired) electrons. The first-order valence-electron chi connectivity index (χ1n) is 2.98. The van der Waals surface area contributed by atoms with Crippen LogP contribution in [0.1, 0.15) is 19.8 Å². The second kappa shape index (κ2) is 2.12. The third-order valence-corrected chi connectivity index (χ3v) is 1.40. The van der Waals surface area contributed by atoms with Gasteiger partial charge in [-0.15, -0.1) is 0 Å². The molecule has 0 heterocycles. The number of rotatable bonds is 2. The molecule has 0 spiro atoms. The van der Waals surface area contributed by atoms with E-state index in [4.69, 9.17) is 0 Å². The fraction of sp³-hybridized carbons (Fsp3) is 0.571. The molecule has 1 aliphatic rings. The standard InChI is InChI=1S/C7H10O/c1-2-3-4-6-5-7(6)8/h2-3,6H,4-5H2,1H3. The average Bonchev–Trinajstić information content (AvgIpc) is 2.42. The molecule has 1 fully saturated rings. The Hall–Kier alpha value is -0.590. The molecule has 0 aromatic heterocycles. The molecule has 1 atom stereocenters. The first kappa shape index (κ1) is 5.54. The Morgan fingerprint density at radius 1 is 1.88 bits per heavy atom. The van der Waals surface area contributed by atoms with Crippen molar-refractivity contribution in [1.82, 2.24) is 0 Å². The highest BCUT2D eigenvalue weighted by atomic mass is 16.1. The summed E-state index contributed by atoms with van der Waals surface area (Å²) in [6.07, 6.45) is 5.83. The van der Waals surface area contributed by atoms with Gasteiger partial charge in [0.25, 0.3) is 0 Å². The lowest BCUT2D eigenvalue weighted by molar-refractivity contribution is -0.111. The molecule has 1 heteroatoms. The Kier molecular flexibility index (Phi) is 1.47. The van der Waals surface area contributed by atoms with Crippen LogP contribution in [0.4, 0.5) is 0 Å². The lowest BCUT2D eigenvalue weighted by Gasteiger charge is -1.78. The van der Waals surface area contributed by atoms with Crippen molar-refractivity contribution in [3.63, 3.8) is 0 Å².